The van der Waals surface area contributed by atoms with Gasteiger partial charge in [-0.15, -0.1) is 0 Å². The molecule has 1 saturated heterocycles. The number of hydrogen-bond acceptors (Lipinski definition) is 3. The second kappa shape index (κ2) is 4.60. The zero-order chi connectivity index (χ0) is 11.8. The molecule has 94 valence electrons. The van der Waals surface area contributed by atoms with Crippen LogP contribution in [0.25, 0.3) is 0 Å². The van der Waals surface area contributed by atoms with Crippen LogP contribution in [0.2, 0.25) is 0 Å². The molecule has 5 nitrogen and oxygen atoms in total. The summed E-state index contributed by atoms with van der Waals surface area (Å²) >= 11 is 0. The Hall–Kier alpha value is -0.170. The summed E-state index contributed by atoms with van der Waals surface area (Å²) in [6.07, 6.45) is 4.82. The maximum absolute atomic E-state index is 12.2. The van der Waals surface area contributed by atoms with E-state index in [-0.39, 0.29) is 18.1 Å². The van der Waals surface area contributed by atoms with Crippen LogP contribution in [0.4, 0.5) is 0 Å². The molecule has 0 aromatic heterocycles. The fourth-order valence-corrected chi connectivity index (χ4v) is 4.33. The first-order chi connectivity index (χ1) is 7.54. The number of nitrogens with two attached hydrogens (primary N) is 1. The largest absolute Gasteiger partial charge is 0.329 e. The average Bonchev–Trinajstić information content (AvgIpc) is 3.00. The zero-order valence-electron chi connectivity index (χ0n) is 9.72. The van der Waals surface area contributed by atoms with Crippen molar-refractivity contribution in [2.45, 2.75) is 57.2 Å². The minimum Gasteiger partial charge on any atom is -0.329 e. The predicted octanol–water partition coefficient (Wildman–Crippen LogP) is 0.185. The van der Waals surface area contributed by atoms with Crippen molar-refractivity contribution in [3.63, 3.8) is 0 Å². The first-order valence-electron chi connectivity index (χ1n) is 6.05. The van der Waals surface area contributed by atoms with Gasteiger partial charge in [-0.2, -0.15) is 17.4 Å². The lowest BCUT2D eigenvalue weighted by atomic mass is 10.00. The Morgan fingerprint density at radius 1 is 1.31 bits per heavy atom. The van der Waals surface area contributed by atoms with Crippen LogP contribution < -0.4 is 10.5 Å². The fraction of sp³-hybridized carbons (Fsp3) is 1.00. The minimum atomic E-state index is -3.33. The van der Waals surface area contributed by atoms with Gasteiger partial charge in [0.05, 0.1) is 0 Å². The Bertz CT molecular complexity index is 340. The number of nitrogens with zero attached hydrogens (tertiary/aromatic N) is 1. The summed E-state index contributed by atoms with van der Waals surface area (Å²) in [7, 11) is -3.33. The Kier molecular flexibility index (Phi) is 3.53. The van der Waals surface area contributed by atoms with Gasteiger partial charge in [-0.3, -0.25) is 0 Å². The van der Waals surface area contributed by atoms with Crippen molar-refractivity contribution in [3.8, 4) is 0 Å². The molecule has 16 heavy (non-hydrogen) atoms. The van der Waals surface area contributed by atoms with Crippen LogP contribution in [0.5, 0.6) is 0 Å². The predicted molar refractivity (Wildman–Crippen MR) is 63.1 cm³/mol. The normalized spacial score (nSPS) is 32.9. The molecule has 0 aromatic rings. The van der Waals surface area contributed by atoms with E-state index in [4.69, 9.17) is 5.73 Å². The van der Waals surface area contributed by atoms with Gasteiger partial charge in [0.25, 0.3) is 10.2 Å². The van der Waals surface area contributed by atoms with Crippen LogP contribution in [-0.2, 0) is 10.2 Å². The molecule has 6 heteroatoms. The molecule has 0 amide bonds. The van der Waals surface area contributed by atoms with Gasteiger partial charge in [0, 0.05) is 24.7 Å². The van der Waals surface area contributed by atoms with Crippen molar-refractivity contribution < 1.29 is 8.42 Å². The van der Waals surface area contributed by atoms with Crippen LogP contribution in [0.1, 0.15) is 39.0 Å². The highest BCUT2D eigenvalue weighted by molar-refractivity contribution is 7.87. The first-order valence-corrected chi connectivity index (χ1v) is 7.49. The molecule has 3 N–H and O–H groups in total. The summed E-state index contributed by atoms with van der Waals surface area (Å²) in [5.41, 5.74) is 5.67. The standard InChI is InChI=1S/C10H21N3O2S/c1-8-3-2-4-10(7-11)13(8)16(14,15)12-9-5-6-9/h8-10,12H,2-7,11H2,1H3. The molecule has 2 atom stereocenters. The van der Waals surface area contributed by atoms with E-state index >= 15 is 0 Å². The Balaban J connectivity index is 2.13. The van der Waals surface area contributed by atoms with E-state index in [0.29, 0.717) is 6.54 Å². The Morgan fingerprint density at radius 3 is 2.56 bits per heavy atom. The second-order valence-electron chi connectivity index (χ2n) is 4.90. The summed E-state index contributed by atoms with van der Waals surface area (Å²) in [6.45, 7) is 2.38. The average molecular weight is 247 g/mol. The number of rotatable bonds is 4. The summed E-state index contributed by atoms with van der Waals surface area (Å²) < 4.78 is 28.7. The number of hydrogen-bond donors (Lipinski definition) is 2. The van der Waals surface area contributed by atoms with Crippen LogP contribution in [0.3, 0.4) is 0 Å². The summed E-state index contributed by atoms with van der Waals surface area (Å²) in [5.74, 6) is 0. The molecule has 2 unspecified atom stereocenters. The first kappa shape index (κ1) is 12.3. The summed E-state index contributed by atoms with van der Waals surface area (Å²) in [6, 6.07) is 0.205. The summed E-state index contributed by atoms with van der Waals surface area (Å²) in [4.78, 5) is 0. The third-order valence-corrected chi connectivity index (χ3v) is 5.24. The van der Waals surface area contributed by atoms with Crippen LogP contribution in [0, 0.1) is 0 Å². The van der Waals surface area contributed by atoms with Gasteiger partial charge in [-0.25, -0.2) is 0 Å². The van der Waals surface area contributed by atoms with E-state index in [9.17, 15) is 8.42 Å². The lowest BCUT2D eigenvalue weighted by Gasteiger charge is -2.38. The van der Waals surface area contributed by atoms with Gasteiger partial charge in [0.15, 0.2) is 0 Å². The summed E-state index contributed by atoms with van der Waals surface area (Å²) in [5, 5.41) is 0. The lowest BCUT2D eigenvalue weighted by molar-refractivity contribution is 0.193. The second-order valence-corrected chi connectivity index (χ2v) is 6.50. The highest BCUT2D eigenvalue weighted by atomic mass is 32.2. The van der Waals surface area contributed by atoms with E-state index < -0.39 is 10.2 Å². The smallest absolute Gasteiger partial charge is 0.280 e. The molecule has 0 radical (unpaired) electrons. The maximum atomic E-state index is 12.2. The topological polar surface area (TPSA) is 75.4 Å². The van der Waals surface area contributed by atoms with Crippen molar-refractivity contribution in [1.29, 1.82) is 0 Å². The molecular formula is C10H21N3O2S. The van der Waals surface area contributed by atoms with Gasteiger partial charge in [0.2, 0.25) is 0 Å². The Labute approximate surface area is 97.6 Å². The lowest BCUT2D eigenvalue weighted by Crippen LogP contribution is -2.55. The highest BCUT2D eigenvalue weighted by Gasteiger charge is 2.38. The van der Waals surface area contributed by atoms with Crippen molar-refractivity contribution in [1.82, 2.24) is 9.03 Å². The molecule has 1 saturated carbocycles. The molecule has 0 spiro atoms. The molecule has 0 bridgehead atoms. The van der Waals surface area contributed by atoms with Crippen molar-refractivity contribution in [3.05, 3.63) is 0 Å². The van der Waals surface area contributed by atoms with Crippen molar-refractivity contribution in [2.75, 3.05) is 6.54 Å². The van der Waals surface area contributed by atoms with Gasteiger partial charge in [-0.1, -0.05) is 6.42 Å². The van der Waals surface area contributed by atoms with Gasteiger partial charge >= 0.3 is 0 Å². The third-order valence-electron chi connectivity index (χ3n) is 3.40. The molecular weight excluding hydrogens is 226 g/mol. The number of nitrogens with one attached hydrogen (secondary N) is 1. The van der Waals surface area contributed by atoms with E-state index in [1.807, 2.05) is 6.92 Å². The molecule has 1 heterocycles. The van der Waals surface area contributed by atoms with E-state index in [0.717, 1.165) is 32.1 Å². The molecule has 1 aliphatic carbocycles. The van der Waals surface area contributed by atoms with Gasteiger partial charge in [-0.05, 0) is 32.6 Å². The van der Waals surface area contributed by atoms with Crippen molar-refractivity contribution in [2.24, 2.45) is 5.73 Å². The van der Waals surface area contributed by atoms with Crippen LogP contribution >= 0.6 is 0 Å². The third kappa shape index (κ3) is 2.56. The maximum Gasteiger partial charge on any atom is 0.280 e. The highest BCUT2D eigenvalue weighted by Crippen LogP contribution is 2.27. The monoisotopic (exact) mass is 247 g/mol. The van der Waals surface area contributed by atoms with Crippen molar-refractivity contribution >= 4 is 10.2 Å². The molecule has 2 aliphatic rings. The van der Waals surface area contributed by atoms with Crippen LogP contribution in [0.15, 0.2) is 0 Å². The molecule has 1 aliphatic heterocycles. The molecule has 0 aromatic carbocycles. The molecule has 2 rings (SSSR count). The number of piperidine rings is 1. The van der Waals surface area contributed by atoms with E-state index in [2.05, 4.69) is 4.72 Å². The minimum absolute atomic E-state index is 0.0278. The van der Waals surface area contributed by atoms with Crippen LogP contribution in [-0.4, -0.2) is 37.4 Å². The SMILES string of the molecule is CC1CCCC(CN)N1S(=O)(=O)NC1CC1. The van der Waals surface area contributed by atoms with E-state index in [1.54, 1.807) is 4.31 Å². The zero-order valence-corrected chi connectivity index (χ0v) is 10.5. The molecule has 2 fully saturated rings. The quantitative estimate of drug-likeness (QED) is 0.744. The Morgan fingerprint density at radius 2 is 2.00 bits per heavy atom. The fourth-order valence-electron chi connectivity index (χ4n) is 2.39. The van der Waals surface area contributed by atoms with Gasteiger partial charge in [0.1, 0.15) is 0 Å². The van der Waals surface area contributed by atoms with E-state index in [1.165, 1.54) is 0 Å². The van der Waals surface area contributed by atoms with Gasteiger partial charge < -0.3 is 5.73 Å².